The molecule has 0 aliphatic carbocycles. The van der Waals surface area contributed by atoms with Crippen LogP contribution in [0.15, 0.2) is 58.7 Å². The van der Waals surface area contributed by atoms with E-state index in [0.29, 0.717) is 6.54 Å². The lowest BCUT2D eigenvalue weighted by molar-refractivity contribution is 0.578. The van der Waals surface area contributed by atoms with Crippen LogP contribution in [0.2, 0.25) is 0 Å². The molecule has 0 saturated carbocycles. The van der Waals surface area contributed by atoms with Gasteiger partial charge in [0.1, 0.15) is 0 Å². The Labute approximate surface area is 159 Å². The monoisotopic (exact) mass is 442 g/mol. The molecular formula is C17H23IN4S. The topological polar surface area (TPSA) is 40.5 Å². The Morgan fingerprint density at radius 1 is 1.17 bits per heavy atom. The number of guanidine groups is 1. The van der Waals surface area contributed by atoms with Crippen molar-refractivity contribution < 1.29 is 0 Å². The van der Waals surface area contributed by atoms with Crippen LogP contribution in [0.25, 0.3) is 0 Å². The normalized spacial score (nSPS) is 10.8. The number of nitrogens with one attached hydrogen (secondary N) is 1. The highest BCUT2D eigenvalue weighted by molar-refractivity contribution is 14.0. The molecule has 1 aromatic carbocycles. The van der Waals surface area contributed by atoms with Crippen molar-refractivity contribution in [2.45, 2.75) is 18.1 Å². The van der Waals surface area contributed by atoms with Gasteiger partial charge in [-0.15, -0.1) is 35.7 Å². The van der Waals surface area contributed by atoms with Crippen molar-refractivity contribution >= 4 is 41.7 Å². The van der Waals surface area contributed by atoms with E-state index in [0.717, 1.165) is 17.5 Å². The summed E-state index contributed by atoms with van der Waals surface area (Å²) >= 11 is 1.65. The number of hydrogen-bond acceptors (Lipinski definition) is 3. The van der Waals surface area contributed by atoms with Crippen molar-refractivity contribution in [3.05, 3.63) is 59.8 Å². The number of pyridine rings is 1. The first-order chi connectivity index (χ1) is 10.7. The average Bonchev–Trinajstić information content (AvgIpc) is 2.55. The van der Waals surface area contributed by atoms with E-state index in [1.165, 1.54) is 11.1 Å². The molecule has 1 aromatic heterocycles. The van der Waals surface area contributed by atoms with Gasteiger partial charge in [0.05, 0.1) is 11.6 Å². The first-order valence-electron chi connectivity index (χ1n) is 7.17. The van der Waals surface area contributed by atoms with Crippen molar-refractivity contribution in [2.75, 3.05) is 20.4 Å². The third-order valence-corrected chi connectivity index (χ3v) is 3.78. The number of aromatic nitrogens is 1. The van der Waals surface area contributed by atoms with Crippen LogP contribution in [-0.4, -0.2) is 36.2 Å². The lowest BCUT2D eigenvalue weighted by Gasteiger charge is -2.17. The van der Waals surface area contributed by atoms with Crippen LogP contribution in [0.5, 0.6) is 0 Å². The van der Waals surface area contributed by atoms with E-state index in [1.807, 2.05) is 55.7 Å². The van der Waals surface area contributed by atoms with Crippen molar-refractivity contribution in [3.63, 3.8) is 0 Å². The zero-order valence-electron chi connectivity index (χ0n) is 13.7. The first kappa shape index (κ1) is 19.8. The second-order valence-electron chi connectivity index (χ2n) is 5.08. The molecular weight excluding hydrogens is 419 g/mol. The van der Waals surface area contributed by atoms with Crippen LogP contribution in [0.4, 0.5) is 0 Å². The number of nitrogens with zero attached hydrogens (tertiary/aromatic N) is 3. The highest BCUT2D eigenvalue weighted by Crippen LogP contribution is 2.13. The molecule has 2 aromatic rings. The fourth-order valence-corrected chi connectivity index (χ4v) is 2.39. The summed E-state index contributed by atoms with van der Waals surface area (Å²) in [7, 11) is 3.99. The Hall–Kier alpha value is -1.28. The second kappa shape index (κ2) is 10.5. The summed E-state index contributed by atoms with van der Waals surface area (Å²) in [5, 5.41) is 4.41. The van der Waals surface area contributed by atoms with Gasteiger partial charge in [0.15, 0.2) is 5.96 Å². The van der Waals surface area contributed by atoms with E-state index >= 15 is 0 Å². The summed E-state index contributed by atoms with van der Waals surface area (Å²) in [5.74, 6) is 0.881. The van der Waals surface area contributed by atoms with Crippen LogP contribution < -0.4 is 5.32 Å². The zero-order valence-corrected chi connectivity index (χ0v) is 16.8. The third-order valence-electron chi connectivity index (χ3n) is 3.14. The molecule has 6 heteroatoms. The van der Waals surface area contributed by atoms with Gasteiger partial charge in [0.25, 0.3) is 0 Å². The molecule has 0 spiro atoms. The predicted molar refractivity (Wildman–Crippen MR) is 110 cm³/mol. The summed E-state index contributed by atoms with van der Waals surface area (Å²) in [6.45, 7) is 1.41. The van der Waals surface area contributed by atoms with Gasteiger partial charge >= 0.3 is 0 Å². The maximum Gasteiger partial charge on any atom is 0.194 e. The SMILES string of the molecule is CSc1cc(CN=C(NCc2ccccc2)N(C)C)ccn1.I. The van der Waals surface area contributed by atoms with E-state index in [2.05, 4.69) is 33.5 Å². The van der Waals surface area contributed by atoms with E-state index in [9.17, 15) is 0 Å². The predicted octanol–water partition coefficient (Wildman–Crippen LogP) is 3.63. The number of benzene rings is 1. The molecule has 23 heavy (non-hydrogen) atoms. The fourth-order valence-electron chi connectivity index (χ4n) is 1.96. The van der Waals surface area contributed by atoms with Gasteiger partial charge in [0.2, 0.25) is 0 Å². The Morgan fingerprint density at radius 3 is 2.57 bits per heavy atom. The largest absolute Gasteiger partial charge is 0.352 e. The molecule has 2 rings (SSSR count). The molecule has 4 nitrogen and oxygen atoms in total. The van der Waals surface area contributed by atoms with Crippen LogP contribution in [0.3, 0.4) is 0 Å². The van der Waals surface area contributed by atoms with Gasteiger partial charge in [-0.2, -0.15) is 0 Å². The molecule has 0 aliphatic rings. The maximum atomic E-state index is 4.68. The highest BCUT2D eigenvalue weighted by Gasteiger charge is 2.02. The number of halogens is 1. The van der Waals surface area contributed by atoms with E-state index in [4.69, 9.17) is 0 Å². The summed E-state index contributed by atoms with van der Waals surface area (Å²) in [6.07, 6.45) is 3.87. The van der Waals surface area contributed by atoms with Gasteiger partial charge in [-0.05, 0) is 29.5 Å². The van der Waals surface area contributed by atoms with Crippen LogP contribution >= 0.6 is 35.7 Å². The van der Waals surface area contributed by atoms with Crippen LogP contribution in [0.1, 0.15) is 11.1 Å². The van der Waals surface area contributed by atoms with E-state index in [1.54, 1.807) is 11.8 Å². The lowest BCUT2D eigenvalue weighted by Crippen LogP contribution is -2.36. The highest BCUT2D eigenvalue weighted by atomic mass is 127. The maximum absolute atomic E-state index is 4.68. The van der Waals surface area contributed by atoms with Gasteiger partial charge < -0.3 is 10.2 Å². The number of hydrogen-bond donors (Lipinski definition) is 1. The average molecular weight is 442 g/mol. The minimum atomic E-state index is 0. The summed E-state index contributed by atoms with van der Waals surface area (Å²) < 4.78 is 0. The van der Waals surface area contributed by atoms with Crippen molar-refractivity contribution in [1.29, 1.82) is 0 Å². The minimum absolute atomic E-state index is 0. The van der Waals surface area contributed by atoms with E-state index < -0.39 is 0 Å². The Morgan fingerprint density at radius 2 is 1.91 bits per heavy atom. The number of thioether (sulfide) groups is 1. The molecule has 1 N–H and O–H groups in total. The van der Waals surface area contributed by atoms with Gasteiger partial charge in [-0.25, -0.2) is 9.98 Å². The van der Waals surface area contributed by atoms with Crippen LogP contribution in [0, 0.1) is 0 Å². The van der Waals surface area contributed by atoms with E-state index in [-0.39, 0.29) is 24.0 Å². The second-order valence-corrected chi connectivity index (χ2v) is 5.91. The molecule has 0 amide bonds. The first-order valence-corrected chi connectivity index (χ1v) is 8.40. The minimum Gasteiger partial charge on any atom is -0.352 e. The molecule has 0 bridgehead atoms. The smallest absolute Gasteiger partial charge is 0.194 e. The Bertz CT molecular complexity index is 617. The molecule has 0 unspecified atom stereocenters. The summed E-state index contributed by atoms with van der Waals surface area (Å²) in [6, 6.07) is 14.4. The molecule has 1 heterocycles. The third kappa shape index (κ3) is 6.78. The summed E-state index contributed by atoms with van der Waals surface area (Å²) in [4.78, 5) is 11.0. The van der Waals surface area contributed by atoms with Crippen molar-refractivity contribution in [2.24, 2.45) is 4.99 Å². The summed E-state index contributed by atoms with van der Waals surface area (Å²) in [5.41, 5.74) is 2.41. The quantitative estimate of drug-likeness (QED) is 0.332. The molecule has 0 radical (unpaired) electrons. The van der Waals surface area contributed by atoms with Crippen LogP contribution in [-0.2, 0) is 13.1 Å². The Balaban J connectivity index is 0.00000264. The van der Waals surface area contributed by atoms with Gasteiger partial charge in [-0.3, -0.25) is 0 Å². The Kier molecular flexibility index (Phi) is 9.01. The molecule has 0 saturated heterocycles. The van der Waals surface area contributed by atoms with Gasteiger partial charge in [0, 0.05) is 26.8 Å². The zero-order chi connectivity index (χ0) is 15.8. The fraction of sp³-hybridized carbons (Fsp3) is 0.294. The number of aliphatic imine (C=N–C) groups is 1. The number of rotatable bonds is 5. The molecule has 124 valence electrons. The van der Waals surface area contributed by atoms with Gasteiger partial charge in [-0.1, -0.05) is 30.3 Å². The molecule has 0 fully saturated rings. The molecule has 0 aliphatic heterocycles. The lowest BCUT2D eigenvalue weighted by atomic mass is 10.2. The van der Waals surface area contributed by atoms with Crippen molar-refractivity contribution in [1.82, 2.24) is 15.2 Å². The van der Waals surface area contributed by atoms with Crippen molar-refractivity contribution in [3.8, 4) is 0 Å². The standard InChI is InChI=1S/C17H22N4S.HI/c1-21(2)17(19-12-14-7-5-4-6-8-14)20-13-15-9-10-18-16(11-15)22-3;/h4-11H,12-13H2,1-3H3,(H,19,20);1H. The molecule has 0 atom stereocenters.